The molecule has 0 aliphatic carbocycles. The molecule has 0 bridgehead atoms. The molecule has 0 spiro atoms. The average molecular weight is 252 g/mol. The molecule has 0 saturated heterocycles. The summed E-state index contributed by atoms with van der Waals surface area (Å²) in [7, 11) is 1.72. The van der Waals surface area contributed by atoms with Crippen LogP contribution in [0.5, 0.6) is 0 Å². The molecule has 1 heterocycles. The molecule has 0 radical (unpaired) electrons. The SMILES string of the molecule is CCCNc1ncnc(N(CC)CCOC)c1C. The van der Waals surface area contributed by atoms with Crippen LogP contribution in [0.1, 0.15) is 25.8 Å². The van der Waals surface area contributed by atoms with Gasteiger partial charge < -0.3 is 15.0 Å². The Hall–Kier alpha value is -1.36. The van der Waals surface area contributed by atoms with Gasteiger partial charge in [0.15, 0.2) is 0 Å². The van der Waals surface area contributed by atoms with E-state index in [1.807, 2.05) is 0 Å². The van der Waals surface area contributed by atoms with E-state index in [2.05, 4.69) is 41.0 Å². The molecule has 1 N–H and O–H groups in total. The zero-order valence-electron chi connectivity index (χ0n) is 11.9. The van der Waals surface area contributed by atoms with Crippen LogP contribution in [-0.2, 0) is 4.74 Å². The van der Waals surface area contributed by atoms with E-state index in [-0.39, 0.29) is 0 Å². The number of aromatic nitrogens is 2. The van der Waals surface area contributed by atoms with E-state index in [1.165, 1.54) is 0 Å². The first-order chi connectivity index (χ1) is 8.74. The summed E-state index contributed by atoms with van der Waals surface area (Å²) in [6.07, 6.45) is 2.70. The molecule has 1 aromatic heterocycles. The minimum absolute atomic E-state index is 0.703. The third kappa shape index (κ3) is 3.84. The van der Waals surface area contributed by atoms with Crippen molar-refractivity contribution >= 4 is 11.6 Å². The lowest BCUT2D eigenvalue weighted by Gasteiger charge is -2.24. The van der Waals surface area contributed by atoms with Gasteiger partial charge in [-0.3, -0.25) is 0 Å². The Bertz CT molecular complexity index is 357. The van der Waals surface area contributed by atoms with Gasteiger partial charge in [-0.05, 0) is 20.3 Å². The third-order valence-electron chi connectivity index (χ3n) is 2.85. The molecule has 0 amide bonds. The van der Waals surface area contributed by atoms with Gasteiger partial charge in [-0.15, -0.1) is 0 Å². The highest BCUT2D eigenvalue weighted by Crippen LogP contribution is 2.21. The van der Waals surface area contributed by atoms with E-state index in [0.717, 1.165) is 43.3 Å². The van der Waals surface area contributed by atoms with Crippen LogP contribution in [0, 0.1) is 6.92 Å². The molecule has 102 valence electrons. The Balaban J connectivity index is 2.86. The summed E-state index contributed by atoms with van der Waals surface area (Å²) in [6, 6.07) is 0. The number of hydrogen-bond acceptors (Lipinski definition) is 5. The predicted octanol–water partition coefficient (Wildman–Crippen LogP) is 2.08. The number of anilines is 2. The molecular weight excluding hydrogens is 228 g/mol. The monoisotopic (exact) mass is 252 g/mol. The van der Waals surface area contributed by atoms with Crippen LogP contribution in [0.25, 0.3) is 0 Å². The normalized spacial score (nSPS) is 10.4. The molecule has 18 heavy (non-hydrogen) atoms. The molecule has 0 atom stereocenters. The first-order valence-corrected chi connectivity index (χ1v) is 6.53. The second kappa shape index (κ2) is 7.87. The van der Waals surface area contributed by atoms with Crippen LogP contribution in [0.15, 0.2) is 6.33 Å². The fourth-order valence-corrected chi connectivity index (χ4v) is 1.80. The highest BCUT2D eigenvalue weighted by molar-refractivity contribution is 5.57. The maximum atomic E-state index is 5.13. The Morgan fingerprint density at radius 3 is 2.72 bits per heavy atom. The molecule has 0 fully saturated rings. The van der Waals surface area contributed by atoms with Crippen molar-refractivity contribution < 1.29 is 4.74 Å². The van der Waals surface area contributed by atoms with Gasteiger partial charge >= 0.3 is 0 Å². The first kappa shape index (κ1) is 14.7. The minimum Gasteiger partial charge on any atom is -0.383 e. The van der Waals surface area contributed by atoms with Crippen LogP contribution < -0.4 is 10.2 Å². The lowest BCUT2D eigenvalue weighted by Crippen LogP contribution is -2.28. The van der Waals surface area contributed by atoms with Crippen molar-refractivity contribution in [3.63, 3.8) is 0 Å². The highest BCUT2D eigenvalue weighted by atomic mass is 16.5. The maximum Gasteiger partial charge on any atom is 0.137 e. The van der Waals surface area contributed by atoms with E-state index >= 15 is 0 Å². The van der Waals surface area contributed by atoms with Gasteiger partial charge in [0.2, 0.25) is 0 Å². The summed E-state index contributed by atoms with van der Waals surface area (Å²) in [6.45, 7) is 9.71. The minimum atomic E-state index is 0.703. The van der Waals surface area contributed by atoms with Crippen molar-refractivity contribution in [1.82, 2.24) is 9.97 Å². The Morgan fingerprint density at radius 1 is 1.33 bits per heavy atom. The van der Waals surface area contributed by atoms with Gasteiger partial charge in [0.1, 0.15) is 18.0 Å². The van der Waals surface area contributed by atoms with Crippen LogP contribution in [-0.4, -0.2) is 43.3 Å². The highest BCUT2D eigenvalue weighted by Gasteiger charge is 2.12. The molecule has 0 unspecified atom stereocenters. The van der Waals surface area contributed by atoms with E-state index < -0.39 is 0 Å². The summed E-state index contributed by atoms with van der Waals surface area (Å²) in [4.78, 5) is 10.9. The molecule has 5 heteroatoms. The van der Waals surface area contributed by atoms with Crippen molar-refractivity contribution in [1.29, 1.82) is 0 Å². The smallest absolute Gasteiger partial charge is 0.137 e. The Labute approximate surface area is 110 Å². The number of methoxy groups -OCH3 is 1. The molecule has 0 aromatic carbocycles. The van der Waals surface area contributed by atoms with Gasteiger partial charge in [-0.25, -0.2) is 9.97 Å². The van der Waals surface area contributed by atoms with Crippen molar-refractivity contribution in [2.45, 2.75) is 27.2 Å². The lowest BCUT2D eigenvalue weighted by atomic mass is 10.2. The summed E-state index contributed by atoms with van der Waals surface area (Å²) in [5.74, 6) is 1.92. The van der Waals surface area contributed by atoms with Gasteiger partial charge in [0, 0.05) is 32.3 Å². The number of likely N-dealkylation sites (N-methyl/N-ethyl adjacent to an activating group) is 1. The van der Waals surface area contributed by atoms with E-state index in [9.17, 15) is 0 Å². The number of nitrogens with zero attached hydrogens (tertiary/aromatic N) is 3. The molecule has 1 aromatic rings. The number of hydrogen-bond donors (Lipinski definition) is 1. The number of nitrogens with one attached hydrogen (secondary N) is 1. The third-order valence-corrected chi connectivity index (χ3v) is 2.85. The van der Waals surface area contributed by atoms with Gasteiger partial charge in [0.25, 0.3) is 0 Å². The quantitative estimate of drug-likeness (QED) is 0.767. The number of rotatable bonds is 8. The zero-order chi connectivity index (χ0) is 13.4. The largest absolute Gasteiger partial charge is 0.383 e. The van der Waals surface area contributed by atoms with Crippen molar-refractivity contribution in [2.24, 2.45) is 0 Å². The molecule has 0 saturated carbocycles. The van der Waals surface area contributed by atoms with Gasteiger partial charge in [-0.2, -0.15) is 0 Å². The molecule has 0 aliphatic rings. The lowest BCUT2D eigenvalue weighted by molar-refractivity contribution is 0.205. The van der Waals surface area contributed by atoms with E-state index in [0.29, 0.717) is 6.61 Å². The van der Waals surface area contributed by atoms with Gasteiger partial charge in [-0.1, -0.05) is 6.92 Å². The maximum absolute atomic E-state index is 5.13. The van der Waals surface area contributed by atoms with Crippen LogP contribution in [0.4, 0.5) is 11.6 Å². The van der Waals surface area contributed by atoms with Crippen molar-refractivity contribution in [2.75, 3.05) is 43.6 Å². The summed E-state index contributed by atoms with van der Waals surface area (Å²) in [5.41, 5.74) is 1.10. The van der Waals surface area contributed by atoms with E-state index in [1.54, 1.807) is 13.4 Å². The summed E-state index contributed by atoms with van der Waals surface area (Å²) in [5, 5.41) is 3.33. The molecule has 5 nitrogen and oxygen atoms in total. The van der Waals surface area contributed by atoms with Gasteiger partial charge in [0.05, 0.1) is 6.61 Å². The van der Waals surface area contributed by atoms with Crippen molar-refractivity contribution in [3.05, 3.63) is 11.9 Å². The van der Waals surface area contributed by atoms with E-state index in [4.69, 9.17) is 4.74 Å². The van der Waals surface area contributed by atoms with Crippen LogP contribution in [0.2, 0.25) is 0 Å². The molecular formula is C13H24N4O. The fraction of sp³-hybridized carbons (Fsp3) is 0.692. The standard InChI is InChI=1S/C13H24N4O/c1-5-7-14-12-11(3)13(16-10-15-12)17(6-2)8-9-18-4/h10H,5-9H2,1-4H3,(H,14,15,16). The van der Waals surface area contributed by atoms with Crippen molar-refractivity contribution in [3.8, 4) is 0 Å². The zero-order valence-corrected chi connectivity index (χ0v) is 11.9. The Morgan fingerprint density at radius 2 is 2.11 bits per heavy atom. The first-order valence-electron chi connectivity index (χ1n) is 6.53. The summed E-state index contributed by atoms with van der Waals surface area (Å²) < 4.78 is 5.13. The second-order valence-electron chi connectivity index (χ2n) is 4.17. The summed E-state index contributed by atoms with van der Waals surface area (Å²) >= 11 is 0. The average Bonchev–Trinajstić information content (AvgIpc) is 2.40. The second-order valence-corrected chi connectivity index (χ2v) is 4.17. The molecule has 1 rings (SSSR count). The van der Waals surface area contributed by atoms with Crippen LogP contribution in [0.3, 0.4) is 0 Å². The molecule has 0 aliphatic heterocycles. The Kier molecular flexibility index (Phi) is 6.43. The topological polar surface area (TPSA) is 50.3 Å². The predicted molar refractivity (Wildman–Crippen MR) is 75.3 cm³/mol. The fourth-order valence-electron chi connectivity index (χ4n) is 1.80. The van der Waals surface area contributed by atoms with Crippen LogP contribution >= 0.6 is 0 Å². The number of ether oxygens (including phenoxy) is 1.